The zero-order valence-electron chi connectivity index (χ0n) is 9.34. The van der Waals surface area contributed by atoms with Crippen LogP contribution >= 0.6 is 0 Å². The highest BCUT2D eigenvalue weighted by Crippen LogP contribution is 2.47. The van der Waals surface area contributed by atoms with E-state index in [-0.39, 0.29) is 0 Å². The standard InChI is InChI=1S/C13H12O4/c1-17-12(16)13(11(14)15)8-10(13)7-9-5-3-2-4-6-9/h2-6,8H,7H2,1H3,(H,14,15). The third-order valence-electron chi connectivity index (χ3n) is 2.90. The summed E-state index contributed by atoms with van der Waals surface area (Å²) in [6.07, 6.45) is 1.91. The van der Waals surface area contributed by atoms with Gasteiger partial charge in [0, 0.05) is 0 Å². The molecule has 17 heavy (non-hydrogen) atoms. The van der Waals surface area contributed by atoms with Gasteiger partial charge in [0.15, 0.2) is 0 Å². The molecule has 1 atom stereocenters. The van der Waals surface area contributed by atoms with E-state index in [9.17, 15) is 9.59 Å². The minimum atomic E-state index is -1.52. The molecule has 1 aromatic carbocycles. The van der Waals surface area contributed by atoms with Gasteiger partial charge in [-0.1, -0.05) is 36.4 Å². The number of methoxy groups -OCH3 is 1. The molecule has 1 aliphatic rings. The molecule has 0 amide bonds. The highest BCUT2D eigenvalue weighted by atomic mass is 16.5. The predicted molar refractivity (Wildman–Crippen MR) is 60.3 cm³/mol. The molecule has 1 aromatic rings. The Hall–Kier alpha value is -2.10. The van der Waals surface area contributed by atoms with Crippen LogP contribution in [0, 0.1) is 5.41 Å². The first-order chi connectivity index (χ1) is 8.11. The van der Waals surface area contributed by atoms with E-state index in [0.717, 1.165) is 5.56 Å². The molecule has 1 unspecified atom stereocenters. The largest absolute Gasteiger partial charge is 0.480 e. The van der Waals surface area contributed by atoms with E-state index >= 15 is 0 Å². The van der Waals surface area contributed by atoms with E-state index < -0.39 is 17.4 Å². The minimum absolute atomic E-state index is 0.461. The van der Waals surface area contributed by atoms with Crippen LogP contribution in [0.3, 0.4) is 0 Å². The van der Waals surface area contributed by atoms with Gasteiger partial charge in [-0.15, -0.1) is 0 Å². The minimum Gasteiger partial charge on any atom is -0.480 e. The molecule has 4 heteroatoms. The molecule has 0 radical (unpaired) electrons. The van der Waals surface area contributed by atoms with Gasteiger partial charge in [-0.3, -0.25) is 9.59 Å². The molecule has 0 bridgehead atoms. The molecule has 1 aliphatic carbocycles. The summed E-state index contributed by atoms with van der Waals surface area (Å²) in [7, 11) is 1.19. The normalized spacial score (nSPS) is 21.6. The molecule has 0 aliphatic heterocycles. The summed E-state index contributed by atoms with van der Waals surface area (Å²) >= 11 is 0. The van der Waals surface area contributed by atoms with Crippen molar-refractivity contribution in [1.29, 1.82) is 0 Å². The lowest BCUT2D eigenvalue weighted by Gasteiger charge is -2.10. The van der Waals surface area contributed by atoms with E-state index in [1.165, 1.54) is 13.2 Å². The van der Waals surface area contributed by atoms with Crippen molar-refractivity contribution in [2.75, 3.05) is 7.11 Å². The Balaban J connectivity index is 2.14. The number of carboxylic acids is 1. The maximum Gasteiger partial charge on any atom is 0.331 e. The van der Waals surface area contributed by atoms with Crippen molar-refractivity contribution in [2.24, 2.45) is 5.41 Å². The summed E-state index contributed by atoms with van der Waals surface area (Å²) in [5, 5.41) is 9.10. The maximum absolute atomic E-state index is 11.5. The molecule has 0 heterocycles. The van der Waals surface area contributed by atoms with Crippen LogP contribution in [-0.4, -0.2) is 24.2 Å². The monoisotopic (exact) mass is 232 g/mol. The van der Waals surface area contributed by atoms with Crippen LogP contribution in [0.5, 0.6) is 0 Å². The van der Waals surface area contributed by atoms with Gasteiger partial charge < -0.3 is 9.84 Å². The molecule has 0 spiro atoms. The Labute approximate surface area is 98.5 Å². The number of carboxylic acid groups (broad SMARTS) is 1. The van der Waals surface area contributed by atoms with Crippen LogP contribution < -0.4 is 0 Å². The highest BCUT2D eigenvalue weighted by molar-refractivity contribution is 6.10. The van der Waals surface area contributed by atoms with Gasteiger partial charge in [-0.2, -0.15) is 0 Å². The smallest absolute Gasteiger partial charge is 0.331 e. The van der Waals surface area contributed by atoms with Crippen LogP contribution in [-0.2, 0) is 20.7 Å². The van der Waals surface area contributed by atoms with E-state index in [2.05, 4.69) is 4.74 Å². The quantitative estimate of drug-likeness (QED) is 0.484. The predicted octanol–water partition coefficient (Wildman–Crippen LogP) is 1.41. The molecule has 2 rings (SSSR count). The van der Waals surface area contributed by atoms with Crippen LogP contribution in [0.15, 0.2) is 42.0 Å². The van der Waals surface area contributed by atoms with E-state index in [1.807, 2.05) is 30.3 Å². The Morgan fingerprint density at radius 2 is 1.94 bits per heavy atom. The molecule has 88 valence electrons. The van der Waals surface area contributed by atoms with Crippen molar-refractivity contribution in [2.45, 2.75) is 6.42 Å². The Morgan fingerprint density at radius 1 is 1.29 bits per heavy atom. The SMILES string of the molecule is COC(=O)C1(C(=O)O)C=C1Cc1ccccc1. The van der Waals surface area contributed by atoms with Crippen molar-refractivity contribution >= 4 is 11.9 Å². The number of rotatable bonds is 4. The first-order valence-corrected chi connectivity index (χ1v) is 5.19. The number of esters is 1. The molecule has 0 aromatic heterocycles. The molecule has 1 N–H and O–H groups in total. The Morgan fingerprint density at radius 3 is 2.47 bits per heavy atom. The second-order valence-corrected chi connectivity index (χ2v) is 3.94. The fourth-order valence-electron chi connectivity index (χ4n) is 1.87. The number of hydrogen-bond donors (Lipinski definition) is 1. The van der Waals surface area contributed by atoms with E-state index in [0.29, 0.717) is 12.0 Å². The lowest BCUT2D eigenvalue weighted by molar-refractivity contribution is -0.157. The lowest BCUT2D eigenvalue weighted by Crippen LogP contribution is -2.30. The highest BCUT2D eigenvalue weighted by Gasteiger charge is 2.58. The first kappa shape index (κ1) is 11.4. The van der Waals surface area contributed by atoms with Crippen molar-refractivity contribution in [1.82, 2.24) is 0 Å². The third-order valence-corrected chi connectivity index (χ3v) is 2.90. The molecule has 0 saturated heterocycles. The van der Waals surface area contributed by atoms with Crippen LogP contribution in [0.25, 0.3) is 0 Å². The summed E-state index contributed by atoms with van der Waals surface area (Å²) in [5.41, 5.74) is 0.0405. The molecule has 0 saturated carbocycles. The van der Waals surface area contributed by atoms with Crippen molar-refractivity contribution in [3.8, 4) is 0 Å². The Kier molecular flexibility index (Phi) is 2.71. The maximum atomic E-state index is 11.5. The van der Waals surface area contributed by atoms with E-state index in [1.54, 1.807) is 0 Å². The molecular weight excluding hydrogens is 220 g/mol. The number of hydrogen-bond acceptors (Lipinski definition) is 3. The lowest BCUT2D eigenvalue weighted by atomic mass is 9.97. The summed E-state index contributed by atoms with van der Waals surface area (Å²) in [4.78, 5) is 22.6. The number of benzene rings is 1. The fraction of sp³-hybridized carbons (Fsp3) is 0.231. The topological polar surface area (TPSA) is 63.6 Å². The zero-order valence-corrected chi connectivity index (χ0v) is 9.34. The van der Waals surface area contributed by atoms with Crippen molar-refractivity contribution in [3.63, 3.8) is 0 Å². The third kappa shape index (κ3) is 1.82. The second kappa shape index (κ2) is 4.05. The Bertz CT molecular complexity index is 489. The van der Waals surface area contributed by atoms with Crippen molar-refractivity contribution in [3.05, 3.63) is 47.5 Å². The van der Waals surface area contributed by atoms with Gasteiger partial charge in [0.25, 0.3) is 0 Å². The first-order valence-electron chi connectivity index (χ1n) is 5.19. The molecular formula is C13H12O4. The average molecular weight is 232 g/mol. The second-order valence-electron chi connectivity index (χ2n) is 3.94. The van der Waals surface area contributed by atoms with Gasteiger partial charge >= 0.3 is 11.9 Å². The molecule has 0 fully saturated rings. The number of carbonyl (C=O) groups is 2. The summed E-state index contributed by atoms with van der Waals surface area (Å²) < 4.78 is 4.53. The van der Waals surface area contributed by atoms with Crippen molar-refractivity contribution < 1.29 is 19.4 Å². The van der Waals surface area contributed by atoms with Crippen LogP contribution in [0.2, 0.25) is 0 Å². The van der Waals surface area contributed by atoms with Crippen LogP contribution in [0.4, 0.5) is 0 Å². The summed E-state index contributed by atoms with van der Waals surface area (Å²) in [6, 6.07) is 9.42. The van der Waals surface area contributed by atoms with Gasteiger partial charge in [0.2, 0.25) is 5.41 Å². The summed E-state index contributed by atoms with van der Waals surface area (Å²) in [6.45, 7) is 0. The van der Waals surface area contributed by atoms with Gasteiger partial charge in [-0.05, 0) is 17.6 Å². The van der Waals surface area contributed by atoms with Crippen LogP contribution in [0.1, 0.15) is 5.56 Å². The summed E-state index contributed by atoms with van der Waals surface area (Å²) in [5.74, 6) is -1.90. The van der Waals surface area contributed by atoms with Gasteiger partial charge in [0.1, 0.15) is 0 Å². The number of aliphatic carboxylic acids is 1. The van der Waals surface area contributed by atoms with Gasteiger partial charge in [0.05, 0.1) is 7.11 Å². The van der Waals surface area contributed by atoms with E-state index in [4.69, 9.17) is 5.11 Å². The zero-order chi connectivity index (χ0) is 12.5. The average Bonchev–Trinajstić information content (AvgIpc) is 3.05. The molecule has 4 nitrogen and oxygen atoms in total. The number of carbonyl (C=O) groups excluding carboxylic acids is 1. The van der Waals surface area contributed by atoms with Gasteiger partial charge in [-0.25, -0.2) is 0 Å². The number of ether oxygens (including phenoxy) is 1. The fourth-order valence-corrected chi connectivity index (χ4v) is 1.87.